The van der Waals surface area contributed by atoms with Gasteiger partial charge in [0.25, 0.3) is 0 Å². The molecule has 0 aliphatic rings. The van der Waals surface area contributed by atoms with Crippen molar-refractivity contribution in [2.45, 2.75) is 51.5 Å². The van der Waals surface area contributed by atoms with Crippen molar-refractivity contribution in [3.8, 4) is 0 Å². The number of rotatable bonds is 8. The van der Waals surface area contributed by atoms with Crippen molar-refractivity contribution in [2.75, 3.05) is 6.61 Å². The first-order chi connectivity index (χ1) is 10.6. The molecule has 0 aliphatic carbocycles. The fourth-order valence-electron chi connectivity index (χ4n) is 2.26. The van der Waals surface area contributed by atoms with Gasteiger partial charge in [-0.2, -0.15) is 9.43 Å². The van der Waals surface area contributed by atoms with Crippen LogP contribution in [-0.4, -0.2) is 16.4 Å². The van der Waals surface area contributed by atoms with Gasteiger partial charge in [0.05, 0.1) is 30.9 Å². The monoisotopic (exact) mass is 320 g/mol. The molecule has 5 heteroatoms. The second-order valence-corrected chi connectivity index (χ2v) is 6.21. The third-order valence-corrected chi connectivity index (χ3v) is 4.02. The van der Waals surface area contributed by atoms with Gasteiger partial charge in [-0.25, -0.2) is 4.89 Å². The molecule has 1 aromatic heterocycles. The standard InChI is InChI=1S/C17H24N2O2S/c1-5-17-16(13(3)4)12-19(18-17)11-14-7-9-15(10-8-14)22-21-20-6-2/h7-10,12-13H,5-6,11H2,1-4H3. The summed E-state index contributed by atoms with van der Waals surface area (Å²) in [6.07, 6.45) is 3.15. The van der Waals surface area contributed by atoms with Crippen LogP contribution in [0.2, 0.25) is 0 Å². The normalized spacial score (nSPS) is 11.3. The maximum absolute atomic E-state index is 4.99. The molecule has 0 saturated carbocycles. The summed E-state index contributed by atoms with van der Waals surface area (Å²) in [5.74, 6) is 0.512. The zero-order chi connectivity index (χ0) is 15.9. The van der Waals surface area contributed by atoms with E-state index < -0.39 is 0 Å². The third-order valence-electron chi connectivity index (χ3n) is 3.39. The van der Waals surface area contributed by atoms with Crippen molar-refractivity contribution in [3.05, 3.63) is 47.3 Å². The second kappa shape index (κ2) is 8.36. The van der Waals surface area contributed by atoms with Gasteiger partial charge in [-0.3, -0.25) is 4.68 Å². The number of hydrogen-bond donors (Lipinski definition) is 0. The van der Waals surface area contributed by atoms with Crippen LogP contribution in [0, 0.1) is 0 Å². The fourth-order valence-corrected chi connectivity index (χ4v) is 2.73. The maximum Gasteiger partial charge on any atom is 0.0806 e. The molecule has 0 radical (unpaired) electrons. The Balaban J connectivity index is 2.01. The van der Waals surface area contributed by atoms with Crippen LogP contribution >= 0.6 is 12.0 Å². The number of aromatic nitrogens is 2. The van der Waals surface area contributed by atoms with Gasteiger partial charge in [0.2, 0.25) is 0 Å². The number of nitrogens with zero attached hydrogens (tertiary/aromatic N) is 2. The smallest absolute Gasteiger partial charge is 0.0806 e. The van der Waals surface area contributed by atoms with Crippen LogP contribution < -0.4 is 0 Å². The fraction of sp³-hybridized carbons (Fsp3) is 0.471. The van der Waals surface area contributed by atoms with Crippen molar-refractivity contribution in [2.24, 2.45) is 0 Å². The highest BCUT2D eigenvalue weighted by Crippen LogP contribution is 2.21. The van der Waals surface area contributed by atoms with Gasteiger partial charge in [0, 0.05) is 11.1 Å². The molecule has 2 rings (SSSR count). The summed E-state index contributed by atoms with van der Waals surface area (Å²) in [6.45, 7) is 9.81. The Morgan fingerprint density at radius 2 is 1.91 bits per heavy atom. The summed E-state index contributed by atoms with van der Waals surface area (Å²) < 4.78 is 7.02. The third kappa shape index (κ3) is 4.60. The van der Waals surface area contributed by atoms with Crippen LogP contribution in [0.15, 0.2) is 35.4 Å². The van der Waals surface area contributed by atoms with E-state index in [1.165, 1.54) is 28.9 Å². The van der Waals surface area contributed by atoms with E-state index in [-0.39, 0.29) is 0 Å². The zero-order valence-corrected chi connectivity index (χ0v) is 14.5. The van der Waals surface area contributed by atoms with Gasteiger partial charge in [-0.1, -0.05) is 32.9 Å². The highest BCUT2D eigenvalue weighted by Gasteiger charge is 2.10. The molecule has 2 aromatic rings. The Kier molecular flexibility index (Phi) is 6.49. The Hall–Kier alpha value is -1.30. The minimum atomic E-state index is 0.512. The minimum absolute atomic E-state index is 0.512. The number of hydrogen-bond acceptors (Lipinski definition) is 4. The summed E-state index contributed by atoms with van der Waals surface area (Å²) in [5.41, 5.74) is 3.77. The summed E-state index contributed by atoms with van der Waals surface area (Å²) in [6, 6.07) is 8.26. The molecule has 0 saturated heterocycles. The highest BCUT2D eigenvalue weighted by molar-refractivity contribution is 7.94. The summed E-state index contributed by atoms with van der Waals surface area (Å²) in [4.78, 5) is 5.89. The van der Waals surface area contributed by atoms with Gasteiger partial charge in [-0.05, 0) is 42.5 Å². The van der Waals surface area contributed by atoms with Crippen molar-refractivity contribution in [3.63, 3.8) is 0 Å². The van der Waals surface area contributed by atoms with Gasteiger partial charge in [0.15, 0.2) is 0 Å². The van der Waals surface area contributed by atoms with Crippen molar-refractivity contribution in [1.82, 2.24) is 9.78 Å². The highest BCUT2D eigenvalue weighted by atomic mass is 32.2. The molecule has 0 atom stereocenters. The lowest BCUT2D eigenvalue weighted by Crippen LogP contribution is -2.00. The Labute approximate surface area is 137 Å². The quantitative estimate of drug-likeness (QED) is 0.308. The Bertz CT molecular complexity index is 579. The molecule has 0 N–H and O–H groups in total. The first-order valence-corrected chi connectivity index (χ1v) is 8.49. The van der Waals surface area contributed by atoms with E-state index in [9.17, 15) is 0 Å². The predicted molar refractivity (Wildman–Crippen MR) is 89.8 cm³/mol. The van der Waals surface area contributed by atoms with Crippen molar-refractivity contribution >= 4 is 12.0 Å². The van der Waals surface area contributed by atoms with E-state index in [4.69, 9.17) is 14.3 Å². The first kappa shape index (κ1) is 17.1. The molecule has 1 heterocycles. The van der Waals surface area contributed by atoms with E-state index in [0.29, 0.717) is 12.5 Å². The molecule has 22 heavy (non-hydrogen) atoms. The lowest BCUT2D eigenvalue weighted by atomic mass is 10.0. The number of benzene rings is 1. The van der Waals surface area contributed by atoms with Crippen LogP contribution in [0.1, 0.15) is 50.4 Å². The van der Waals surface area contributed by atoms with E-state index >= 15 is 0 Å². The lowest BCUT2D eigenvalue weighted by Gasteiger charge is -2.04. The van der Waals surface area contributed by atoms with Gasteiger partial charge in [0.1, 0.15) is 0 Å². The molecule has 0 amide bonds. The molecule has 0 bridgehead atoms. The largest absolute Gasteiger partial charge is 0.268 e. The van der Waals surface area contributed by atoms with Crippen LogP contribution in [0.3, 0.4) is 0 Å². The molecule has 1 aromatic carbocycles. The van der Waals surface area contributed by atoms with Gasteiger partial charge < -0.3 is 0 Å². The van der Waals surface area contributed by atoms with Crippen LogP contribution in [-0.2, 0) is 22.2 Å². The van der Waals surface area contributed by atoms with E-state index in [1.54, 1.807) is 0 Å². The SMILES string of the molecule is CCOOSc1ccc(Cn2cc(C(C)C)c(CC)n2)cc1. The zero-order valence-electron chi connectivity index (χ0n) is 13.7. The first-order valence-electron chi connectivity index (χ1n) is 7.75. The minimum Gasteiger partial charge on any atom is -0.268 e. The lowest BCUT2D eigenvalue weighted by molar-refractivity contribution is -0.185. The molecular formula is C17H24N2O2S. The predicted octanol–water partition coefficient (Wildman–Crippen LogP) is 4.59. The van der Waals surface area contributed by atoms with Crippen molar-refractivity contribution < 1.29 is 9.22 Å². The average Bonchev–Trinajstić information content (AvgIpc) is 2.92. The van der Waals surface area contributed by atoms with Gasteiger partial charge >= 0.3 is 0 Å². The summed E-state index contributed by atoms with van der Waals surface area (Å²) in [7, 11) is 0. The maximum atomic E-state index is 4.99. The van der Waals surface area contributed by atoms with E-state index in [2.05, 4.69) is 39.1 Å². The van der Waals surface area contributed by atoms with Crippen molar-refractivity contribution in [1.29, 1.82) is 0 Å². The molecule has 120 valence electrons. The summed E-state index contributed by atoms with van der Waals surface area (Å²) >= 11 is 1.23. The Morgan fingerprint density at radius 3 is 2.45 bits per heavy atom. The molecule has 0 fully saturated rings. The molecule has 0 unspecified atom stereocenters. The molecule has 4 nitrogen and oxygen atoms in total. The van der Waals surface area contributed by atoms with Crippen LogP contribution in [0.5, 0.6) is 0 Å². The molecular weight excluding hydrogens is 296 g/mol. The summed E-state index contributed by atoms with van der Waals surface area (Å²) in [5, 5.41) is 4.70. The molecule has 0 aliphatic heterocycles. The van der Waals surface area contributed by atoms with E-state index in [1.807, 2.05) is 23.7 Å². The van der Waals surface area contributed by atoms with Crippen LogP contribution in [0.25, 0.3) is 0 Å². The van der Waals surface area contributed by atoms with E-state index in [0.717, 1.165) is 17.9 Å². The topological polar surface area (TPSA) is 36.3 Å². The average molecular weight is 320 g/mol. The second-order valence-electron chi connectivity index (χ2n) is 5.44. The van der Waals surface area contributed by atoms with Crippen LogP contribution in [0.4, 0.5) is 0 Å². The molecule has 0 spiro atoms. The Morgan fingerprint density at radius 1 is 1.18 bits per heavy atom. The van der Waals surface area contributed by atoms with Gasteiger partial charge in [-0.15, -0.1) is 0 Å². The number of aryl methyl sites for hydroxylation is 1.